The van der Waals surface area contributed by atoms with E-state index < -0.39 is 6.10 Å². The van der Waals surface area contributed by atoms with Crippen LogP contribution in [0.3, 0.4) is 0 Å². The van der Waals surface area contributed by atoms with Gasteiger partial charge in [-0.05, 0) is 26.3 Å². The van der Waals surface area contributed by atoms with Crippen LogP contribution in [0.25, 0.3) is 0 Å². The molecule has 0 aliphatic carbocycles. The molecule has 0 rings (SSSR count). The number of ether oxygens (including phenoxy) is 1. The van der Waals surface area contributed by atoms with Crippen LogP contribution in [0.1, 0.15) is 34.1 Å². The molecular formula is C14H32N2O2. The molecule has 110 valence electrons. The summed E-state index contributed by atoms with van der Waals surface area (Å²) in [5, 5.41) is 12.9. The molecule has 0 radical (unpaired) electrons. The fourth-order valence-corrected chi connectivity index (χ4v) is 1.55. The van der Waals surface area contributed by atoms with Crippen molar-refractivity contribution >= 4 is 0 Å². The predicted octanol–water partition coefficient (Wildman–Crippen LogP) is 1.34. The van der Waals surface area contributed by atoms with Gasteiger partial charge < -0.3 is 20.1 Å². The van der Waals surface area contributed by atoms with E-state index in [-0.39, 0.29) is 0 Å². The van der Waals surface area contributed by atoms with E-state index in [0.29, 0.717) is 31.7 Å². The number of aliphatic hydroxyl groups is 1. The summed E-state index contributed by atoms with van der Waals surface area (Å²) in [4.78, 5) is 2.33. The number of aliphatic hydroxyl groups excluding tert-OH is 1. The Balaban J connectivity index is 3.42. The second kappa shape index (κ2) is 10.7. The van der Waals surface area contributed by atoms with Gasteiger partial charge in [0.05, 0.1) is 12.7 Å². The quantitative estimate of drug-likeness (QED) is 0.550. The molecule has 0 amide bonds. The van der Waals surface area contributed by atoms with Crippen molar-refractivity contribution in [1.29, 1.82) is 0 Å². The van der Waals surface area contributed by atoms with Crippen molar-refractivity contribution < 1.29 is 9.84 Å². The third-order valence-corrected chi connectivity index (χ3v) is 3.13. The molecule has 0 fully saturated rings. The third kappa shape index (κ3) is 9.83. The highest BCUT2D eigenvalue weighted by Gasteiger charge is 2.07. The van der Waals surface area contributed by atoms with E-state index in [1.807, 2.05) is 0 Å². The molecular weight excluding hydrogens is 228 g/mol. The molecule has 2 N–H and O–H groups in total. The Morgan fingerprint density at radius 1 is 1.22 bits per heavy atom. The number of hydrogen-bond donors (Lipinski definition) is 2. The Morgan fingerprint density at radius 2 is 1.89 bits per heavy atom. The number of rotatable bonds is 11. The number of nitrogens with one attached hydrogen (secondary N) is 1. The first kappa shape index (κ1) is 17.8. The number of nitrogens with zero attached hydrogens (tertiary/aromatic N) is 1. The van der Waals surface area contributed by atoms with Gasteiger partial charge >= 0.3 is 0 Å². The SMILES string of the molecule is CCC(C)N(C)CCNCC(O)COCC(C)C. The van der Waals surface area contributed by atoms with E-state index in [4.69, 9.17) is 4.74 Å². The predicted molar refractivity (Wildman–Crippen MR) is 76.9 cm³/mol. The van der Waals surface area contributed by atoms with Gasteiger partial charge in [0, 0.05) is 32.3 Å². The van der Waals surface area contributed by atoms with Crippen LogP contribution in [0, 0.1) is 5.92 Å². The monoisotopic (exact) mass is 260 g/mol. The van der Waals surface area contributed by atoms with Crippen molar-refractivity contribution in [3.05, 3.63) is 0 Å². The Morgan fingerprint density at radius 3 is 2.44 bits per heavy atom. The summed E-state index contributed by atoms with van der Waals surface area (Å²) < 4.78 is 5.39. The lowest BCUT2D eigenvalue weighted by atomic mass is 10.2. The molecule has 2 atom stereocenters. The summed E-state index contributed by atoms with van der Waals surface area (Å²) in [6, 6.07) is 0.617. The van der Waals surface area contributed by atoms with Gasteiger partial charge in [0.1, 0.15) is 0 Å². The van der Waals surface area contributed by atoms with E-state index in [1.54, 1.807) is 0 Å². The lowest BCUT2D eigenvalue weighted by molar-refractivity contribution is 0.0260. The molecule has 4 nitrogen and oxygen atoms in total. The second-order valence-electron chi connectivity index (χ2n) is 5.53. The smallest absolute Gasteiger partial charge is 0.0897 e. The maximum absolute atomic E-state index is 9.68. The maximum Gasteiger partial charge on any atom is 0.0897 e. The van der Waals surface area contributed by atoms with Gasteiger partial charge in [-0.2, -0.15) is 0 Å². The molecule has 18 heavy (non-hydrogen) atoms. The Kier molecular flexibility index (Phi) is 10.6. The fourth-order valence-electron chi connectivity index (χ4n) is 1.55. The van der Waals surface area contributed by atoms with Crippen LogP contribution >= 0.6 is 0 Å². The summed E-state index contributed by atoms with van der Waals surface area (Å²) in [5.74, 6) is 0.523. The summed E-state index contributed by atoms with van der Waals surface area (Å²) >= 11 is 0. The average Bonchev–Trinajstić information content (AvgIpc) is 2.32. The molecule has 0 spiro atoms. The number of likely N-dealkylation sites (N-methyl/N-ethyl adjacent to an activating group) is 1. The first-order chi connectivity index (χ1) is 8.47. The van der Waals surface area contributed by atoms with Gasteiger partial charge in [-0.15, -0.1) is 0 Å². The van der Waals surface area contributed by atoms with Crippen LogP contribution in [-0.2, 0) is 4.74 Å². The van der Waals surface area contributed by atoms with Crippen LogP contribution < -0.4 is 5.32 Å². The molecule has 0 aromatic heterocycles. The Labute approximate surface area is 113 Å². The average molecular weight is 260 g/mol. The molecule has 0 aromatic rings. The van der Waals surface area contributed by atoms with Gasteiger partial charge in [-0.1, -0.05) is 20.8 Å². The van der Waals surface area contributed by atoms with Crippen LogP contribution in [0.2, 0.25) is 0 Å². The highest BCUT2D eigenvalue weighted by Crippen LogP contribution is 1.98. The van der Waals surface area contributed by atoms with Gasteiger partial charge in [-0.3, -0.25) is 0 Å². The van der Waals surface area contributed by atoms with E-state index in [2.05, 4.69) is 45.0 Å². The van der Waals surface area contributed by atoms with Crippen molar-refractivity contribution in [2.75, 3.05) is 39.9 Å². The minimum atomic E-state index is -0.405. The Bertz CT molecular complexity index is 189. The molecule has 0 bridgehead atoms. The highest BCUT2D eigenvalue weighted by atomic mass is 16.5. The van der Waals surface area contributed by atoms with Crippen molar-refractivity contribution in [2.24, 2.45) is 5.92 Å². The summed E-state index contributed by atoms with van der Waals surface area (Å²) in [7, 11) is 2.14. The highest BCUT2D eigenvalue weighted by molar-refractivity contribution is 4.64. The lowest BCUT2D eigenvalue weighted by Gasteiger charge is -2.23. The van der Waals surface area contributed by atoms with Crippen molar-refractivity contribution in [3.8, 4) is 0 Å². The summed E-state index contributed by atoms with van der Waals surface area (Å²) in [6.07, 6.45) is 0.764. The van der Waals surface area contributed by atoms with Gasteiger partial charge in [0.15, 0.2) is 0 Å². The first-order valence-corrected chi connectivity index (χ1v) is 7.14. The largest absolute Gasteiger partial charge is 0.389 e. The maximum atomic E-state index is 9.68. The van der Waals surface area contributed by atoms with E-state index in [0.717, 1.165) is 13.1 Å². The zero-order valence-electron chi connectivity index (χ0n) is 12.8. The molecule has 2 unspecified atom stereocenters. The van der Waals surface area contributed by atoms with Crippen LogP contribution in [-0.4, -0.2) is 62.0 Å². The summed E-state index contributed by atoms with van der Waals surface area (Å²) in [6.45, 7) is 12.3. The fraction of sp³-hybridized carbons (Fsp3) is 1.00. The van der Waals surface area contributed by atoms with E-state index >= 15 is 0 Å². The van der Waals surface area contributed by atoms with Crippen molar-refractivity contribution in [2.45, 2.75) is 46.3 Å². The molecule has 0 aliphatic rings. The normalized spacial score (nSPS) is 15.3. The zero-order chi connectivity index (χ0) is 14.0. The minimum Gasteiger partial charge on any atom is -0.389 e. The lowest BCUT2D eigenvalue weighted by Crippen LogP contribution is -2.38. The number of hydrogen-bond acceptors (Lipinski definition) is 4. The first-order valence-electron chi connectivity index (χ1n) is 7.14. The van der Waals surface area contributed by atoms with Crippen LogP contribution in [0.15, 0.2) is 0 Å². The van der Waals surface area contributed by atoms with Crippen molar-refractivity contribution in [1.82, 2.24) is 10.2 Å². The van der Waals surface area contributed by atoms with E-state index in [9.17, 15) is 5.11 Å². The third-order valence-electron chi connectivity index (χ3n) is 3.13. The van der Waals surface area contributed by atoms with Crippen molar-refractivity contribution in [3.63, 3.8) is 0 Å². The molecule has 0 aromatic carbocycles. The molecule has 0 heterocycles. The van der Waals surface area contributed by atoms with Crippen LogP contribution in [0.5, 0.6) is 0 Å². The van der Waals surface area contributed by atoms with Crippen LogP contribution in [0.4, 0.5) is 0 Å². The summed E-state index contributed by atoms with van der Waals surface area (Å²) in [5.41, 5.74) is 0. The molecule has 0 aliphatic heterocycles. The molecule has 0 saturated heterocycles. The Hall–Kier alpha value is -0.160. The minimum absolute atomic E-state index is 0.405. The molecule has 0 saturated carbocycles. The van der Waals surface area contributed by atoms with Gasteiger partial charge in [0.2, 0.25) is 0 Å². The topological polar surface area (TPSA) is 44.7 Å². The van der Waals surface area contributed by atoms with Gasteiger partial charge in [-0.25, -0.2) is 0 Å². The molecule has 4 heteroatoms. The van der Waals surface area contributed by atoms with E-state index in [1.165, 1.54) is 6.42 Å². The van der Waals surface area contributed by atoms with Gasteiger partial charge in [0.25, 0.3) is 0 Å². The second-order valence-corrected chi connectivity index (χ2v) is 5.53. The standard InChI is InChI=1S/C14H32N2O2/c1-6-13(4)16(5)8-7-15-9-14(17)11-18-10-12(2)3/h12-15,17H,6-11H2,1-5H3. The zero-order valence-corrected chi connectivity index (χ0v) is 12.8.